The molecule has 2 nitrogen and oxygen atoms in total. The zero-order valence-electron chi connectivity index (χ0n) is 9.37. The molecule has 1 rings (SSSR count). The molecule has 0 aromatic heterocycles. The van der Waals surface area contributed by atoms with Gasteiger partial charge in [-0.1, -0.05) is 32.4 Å². The SMILES string of the molecule is CCC=CC1COC(OCCCC)C1. The number of allylic oxidation sites excluding steroid dienone is 1. The van der Waals surface area contributed by atoms with Crippen LogP contribution in [0, 0.1) is 5.92 Å². The van der Waals surface area contributed by atoms with Crippen LogP contribution in [-0.2, 0) is 9.47 Å². The molecule has 0 saturated carbocycles. The van der Waals surface area contributed by atoms with E-state index in [0.717, 1.165) is 32.5 Å². The Kier molecular flexibility index (Phi) is 5.88. The van der Waals surface area contributed by atoms with E-state index < -0.39 is 0 Å². The van der Waals surface area contributed by atoms with Crippen LogP contribution < -0.4 is 0 Å². The van der Waals surface area contributed by atoms with Gasteiger partial charge < -0.3 is 9.47 Å². The summed E-state index contributed by atoms with van der Waals surface area (Å²) in [7, 11) is 0. The van der Waals surface area contributed by atoms with Crippen LogP contribution in [0.2, 0.25) is 0 Å². The van der Waals surface area contributed by atoms with Crippen molar-refractivity contribution in [3.63, 3.8) is 0 Å². The summed E-state index contributed by atoms with van der Waals surface area (Å²) >= 11 is 0. The maximum absolute atomic E-state index is 5.60. The summed E-state index contributed by atoms with van der Waals surface area (Å²) in [6.07, 6.45) is 8.97. The molecule has 0 spiro atoms. The molecule has 2 unspecified atom stereocenters. The lowest BCUT2D eigenvalue weighted by molar-refractivity contribution is -0.111. The first-order valence-corrected chi connectivity index (χ1v) is 5.76. The normalized spacial score (nSPS) is 27.6. The van der Waals surface area contributed by atoms with Crippen LogP contribution in [0.3, 0.4) is 0 Å². The quantitative estimate of drug-likeness (QED) is 0.482. The molecule has 0 aliphatic carbocycles. The molecule has 0 aromatic rings. The molecular formula is C12H22O2. The lowest BCUT2D eigenvalue weighted by Crippen LogP contribution is -2.11. The molecule has 2 atom stereocenters. The van der Waals surface area contributed by atoms with E-state index in [1.54, 1.807) is 0 Å². The lowest BCUT2D eigenvalue weighted by atomic mass is 10.1. The standard InChI is InChI=1S/C12H22O2/c1-3-5-7-11-9-12(14-10-11)13-8-6-4-2/h5,7,11-12H,3-4,6,8-10H2,1-2H3. The van der Waals surface area contributed by atoms with Gasteiger partial charge in [0.1, 0.15) is 0 Å². The Morgan fingerprint density at radius 2 is 2.29 bits per heavy atom. The fraction of sp³-hybridized carbons (Fsp3) is 0.833. The summed E-state index contributed by atoms with van der Waals surface area (Å²) < 4.78 is 11.1. The smallest absolute Gasteiger partial charge is 0.158 e. The van der Waals surface area contributed by atoms with Gasteiger partial charge in [-0.2, -0.15) is 0 Å². The van der Waals surface area contributed by atoms with Crippen LogP contribution in [0.25, 0.3) is 0 Å². The number of rotatable bonds is 6. The van der Waals surface area contributed by atoms with Gasteiger partial charge in [0.05, 0.1) is 6.61 Å². The van der Waals surface area contributed by atoms with E-state index in [2.05, 4.69) is 26.0 Å². The summed E-state index contributed by atoms with van der Waals surface area (Å²) in [6.45, 7) is 5.99. The summed E-state index contributed by atoms with van der Waals surface area (Å²) in [6, 6.07) is 0. The molecule has 0 radical (unpaired) electrons. The van der Waals surface area contributed by atoms with Crippen LogP contribution in [0.5, 0.6) is 0 Å². The molecule has 0 aromatic carbocycles. The van der Waals surface area contributed by atoms with Gasteiger partial charge in [-0.3, -0.25) is 0 Å². The van der Waals surface area contributed by atoms with E-state index in [1.807, 2.05) is 0 Å². The van der Waals surface area contributed by atoms with Gasteiger partial charge in [0, 0.05) is 18.9 Å². The van der Waals surface area contributed by atoms with Crippen LogP contribution in [0.1, 0.15) is 39.5 Å². The van der Waals surface area contributed by atoms with Crippen molar-refractivity contribution in [3.8, 4) is 0 Å². The summed E-state index contributed by atoms with van der Waals surface area (Å²) in [4.78, 5) is 0. The van der Waals surface area contributed by atoms with Gasteiger partial charge in [0.15, 0.2) is 6.29 Å². The van der Waals surface area contributed by atoms with Crippen LogP contribution in [0.4, 0.5) is 0 Å². The van der Waals surface area contributed by atoms with E-state index in [-0.39, 0.29) is 6.29 Å². The highest BCUT2D eigenvalue weighted by Crippen LogP contribution is 2.21. The fourth-order valence-corrected chi connectivity index (χ4v) is 1.55. The van der Waals surface area contributed by atoms with E-state index in [0.29, 0.717) is 5.92 Å². The number of hydrogen-bond acceptors (Lipinski definition) is 2. The topological polar surface area (TPSA) is 18.5 Å². The van der Waals surface area contributed by atoms with Crippen molar-refractivity contribution < 1.29 is 9.47 Å². The predicted molar refractivity (Wildman–Crippen MR) is 58.1 cm³/mol. The number of unbranched alkanes of at least 4 members (excludes halogenated alkanes) is 1. The molecule has 1 saturated heterocycles. The zero-order valence-corrected chi connectivity index (χ0v) is 9.37. The molecular weight excluding hydrogens is 176 g/mol. The van der Waals surface area contributed by atoms with Crippen LogP contribution in [-0.4, -0.2) is 19.5 Å². The van der Waals surface area contributed by atoms with Crippen molar-refractivity contribution >= 4 is 0 Å². The summed E-state index contributed by atoms with van der Waals surface area (Å²) in [5, 5.41) is 0. The van der Waals surface area contributed by atoms with E-state index in [9.17, 15) is 0 Å². The average molecular weight is 198 g/mol. The van der Waals surface area contributed by atoms with Crippen LogP contribution >= 0.6 is 0 Å². The first-order valence-electron chi connectivity index (χ1n) is 5.76. The highest BCUT2D eigenvalue weighted by Gasteiger charge is 2.23. The van der Waals surface area contributed by atoms with Gasteiger partial charge in [-0.15, -0.1) is 0 Å². The van der Waals surface area contributed by atoms with E-state index >= 15 is 0 Å². The third kappa shape index (κ3) is 4.25. The molecule has 1 aliphatic rings. The second kappa shape index (κ2) is 7.02. The third-order valence-electron chi connectivity index (χ3n) is 2.44. The molecule has 1 aliphatic heterocycles. The molecule has 2 heteroatoms. The molecule has 1 heterocycles. The Morgan fingerprint density at radius 3 is 3.00 bits per heavy atom. The monoisotopic (exact) mass is 198 g/mol. The number of ether oxygens (including phenoxy) is 2. The fourth-order valence-electron chi connectivity index (χ4n) is 1.55. The molecule has 0 bridgehead atoms. The molecule has 1 fully saturated rings. The third-order valence-corrected chi connectivity index (χ3v) is 2.44. The Bertz CT molecular complexity index is 166. The van der Waals surface area contributed by atoms with Crippen molar-refractivity contribution in [2.75, 3.05) is 13.2 Å². The largest absolute Gasteiger partial charge is 0.353 e. The van der Waals surface area contributed by atoms with Crippen molar-refractivity contribution in [2.45, 2.75) is 45.8 Å². The molecule has 0 amide bonds. The predicted octanol–water partition coefficient (Wildman–Crippen LogP) is 3.13. The van der Waals surface area contributed by atoms with E-state index in [4.69, 9.17) is 9.47 Å². The molecule has 82 valence electrons. The Hall–Kier alpha value is -0.340. The van der Waals surface area contributed by atoms with Gasteiger partial charge in [-0.25, -0.2) is 0 Å². The van der Waals surface area contributed by atoms with Crippen LogP contribution in [0.15, 0.2) is 12.2 Å². The first-order chi connectivity index (χ1) is 6.86. The second-order valence-corrected chi connectivity index (χ2v) is 3.82. The van der Waals surface area contributed by atoms with Gasteiger partial charge in [0.2, 0.25) is 0 Å². The van der Waals surface area contributed by atoms with Crippen molar-refractivity contribution in [2.24, 2.45) is 5.92 Å². The van der Waals surface area contributed by atoms with Gasteiger partial charge in [0.25, 0.3) is 0 Å². The van der Waals surface area contributed by atoms with Crippen molar-refractivity contribution in [1.29, 1.82) is 0 Å². The molecule has 14 heavy (non-hydrogen) atoms. The van der Waals surface area contributed by atoms with Gasteiger partial charge in [-0.05, 0) is 12.8 Å². The second-order valence-electron chi connectivity index (χ2n) is 3.82. The van der Waals surface area contributed by atoms with Crippen molar-refractivity contribution in [1.82, 2.24) is 0 Å². The van der Waals surface area contributed by atoms with E-state index in [1.165, 1.54) is 6.42 Å². The highest BCUT2D eigenvalue weighted by atomic mass is 16.7. The first kappa shape index (κ1) is 11.7. The highest BCUT2D eigenvalue weighted by molar-refractivity contribution is 4.90. The minimum atomic E-state index is 0.0491. The zero-order chi connectivity index (χ0) is 10.2. The van der Waals surface area contributed by atoms with Gasteiger partial charge >= 0.3 is 0 Å². The maximum atomic E-state index is 5.60. The molecule has 0 N–H and O–H groups in total. The maximum Gasteiger partial charge on any atom is 0.158 e. The Labute approximate surface area is 87.3 Å². The lowest BCUT2D eigenvalue weighted by Gasteiger charge is -2.09. The summed E-state index contributed by atoms with van der Waals surface area (Å²) in [5.74, 6) is 0.571. The minimum Gasteiger partial charge on any atom is -0.353 e. The Morgan fingerprint density at radius 1 is 1.43 bits per heavy atom. The van der Waals surface area contributed by atoms with Crippen molar-refractivity contribution in [3.05, 3.63) is 12.2 Å². The minimum absolute atomic E-state index is 0.0491. The Balaban J connectivity index is 2.11. The summed E-state index contributed by atoms with van der Waals surface area (Å²) in [5.41, 5.74) is 0. The average Bonchev–Trinajstić information content (AvgIpc) is 2.63. The number of hydrogen-bond donors (Lipinski definition) is 0.